The summed E-state index contributed by atoms with van der Waals surface area (Å²) < 4.78 is 33.3. The first-order chi connectivity index (χ1) is 14.2. The Bertz CT molecular complexity index is 1070. The Hall–Kier alpha value is -2.38. The summed E-state index contributed by atoms with van der Waals surface area (Å²) in [6.45, 7) is 7.07. The summed E-state index contributed by atoms with van der Waals surface area (Å²) in [6, 6.07) is 12.1. The molecule has 2 aliphatic rings. The molecule has 6 nitrogen and oxygen atoms in total. The Morgan fingerprint density at radius 3 is 2.60 bits per heavy atom. The van der Waals surface area contributed by atoms with Crippen molar-refractivity contribution in [2.45, 2.75) is 56.6 Å². The van der Waals surface area contributed by atoms with Crippen LogP contribution in [-0.4, -0.2) is 37.3 Å². The number of nitrogens with zero attached hydrogens (tertiary/aromatic N) is 1. The van der Waals surface area contributed by atoms with E-state index in [0.717, 1.165) is 29.7 Å². The molecule has 1 amide bonds. The van der Waals surface area contributed by atoms with E-state index in [-0.39, 0.29) is 16.8 Å². The second kappa shape index (κ2) is 7.71. The quantitative estimate of drug-likeness (QED) is 0.803. The number of hydrogen-bond donors (Lipinski definition) is 1. The van der Waals surface area contributed by atoms with Crippen LogP contribution in [0.25, 0.3) is 0 Å². The fraction of sp³-hybridized carbons (Fsp3) is 0.435. The highest BCUT2D eigenvalue weighted by molar-refractivity contribution is 7.89. The molecule has 2 aromatic rings. The van der Waals surface area contributed by atoms with Gasteiger partial charge in [0.1, 0.15) is 11.4 Å². The van der Waals surface area contributed by atoms with Gasteiger partial charge in [-0.05, 0) is 63.4 Å². The zero-order valence-electron chi connectivity index (χ0n) is 17.6. The molecule has 160 valence electrons. The topological polar surface area (TPSA) is 75.7 Å². The first kappa shape index (κ1) is 20.9. The Morgan fingerprint density at radius 2 is 1.87 bits per heavy atom. The molecule has 7 heteroatoms. The van der Waals surface area contributed by atoms with E-state index >= 15 is 0 Å². The highest BCUT2D eigenvalue weighted by Gasteiger charge is 2.35. The summed E-state index contributed by atoms with van der Waals surface area (Å²) >= 11 is 0. The molecule has 0 radical (unpaired) electrons. The Kier molecular flexibility index (Phi) is 5.36. The molecule has 0 aliphatic carbocycles. The van der Waals surface area contributed by atoms with Crippen molar-refractivity contribution >= 4 is 15.9 Å². The molecule has 0 spiro atoms. The fourth-order valence-corrected chi connectivity index (χ4v) is 5.77. The third kappa shape index (κ3) is 4.09. The molecule has 1 saturated heterocycles. The van der Waals surface area contributed by atoms with Crippen LogP contribution in [0.1, 0.15) is 60.6 Å². The number of carbonyl (C=O) groups is 1. The van der Waals surface area contributed by atoms with E-state index in [1.807, 2.05) is 39.0 Å². The van der Waals surface area contributed by atoms with Crippen LogP contribution in [0.15, 0.2) is 47.4 Å². The number of benzene rings is 2. The van der Waals surface area contributed by atoms with Gasteiger partial charge in [0.05, 0.1) is 10.9 Å². The van der Waals surface area contributed by atoms with Crippen molar-refractivity contribution in [2.24, 2.45) is 0 Å². The van der Waals surface area contributed by atoms with Crippen LogP contribution in [0.3, 0.4) is 0 Å². The average molecular weight is 429 g/mol. The van der Waals surface area contributed by atoms with Gasteiger partial charge in [-0.1, -0.05) is 18.2 Å². The molecule has 2 heterocycles. The fourth-order valence-electron chi connectivity index (χ4n) is 4.20. The summed E-state index contributed by atoms with van der Waals surface area (Å²) in [7, 11) is -3.57. The number of amides is 1. The van der Waals surface area contributed by atoms with Gasteiger partial charge >= 0.3 is 0 Å². The van der Waals surface area contributed by atoms with Crippen molar-refractivity contribution in [2.75, 3.05) is 13.1 Å². The lowest BCUT2D eigenvalue weighted by Crippen LogP contribution is -2.41. The van der Waals surface area contributed by atoms with E-state index in [1.165, 1.54) is 10.4 Å². The maximum Gasteiger partial charge on any atom is 0.251 e. The summed E-state index contributed by atoms with van der Waals surface area (Å²) in [5.41, 5.74) is 1.96. The minimum Gasteiger partial charge on any atom is -0.487 e. The Labute approximate surface area is 178 Å². The van der Waals surface area contributed by atoms with Gasteiger partial charge < -0.3 is 10.1 Å². The van der Waals surface area contributed by atoms with Crippen LogP contribution in [0.2, 0.25) is 0 Å². The van der Waals surface area contributed by atoms with E-state index in [1.54, 1.807) is 18.2 Å². The maximum atomic E-state index is 13.0. The highest BCUT2D eigenvalue weighted by atomic mass is 32.2. The third-order valence-electron chi connectivity index (χ3n) is 5.73. The Balaban J connectivity index is 1.59. The third-order valence-corrected chi connectivity index (χ3v) is 7.63. The molecule has 2 aliphatic heterocycles. The lowest BCUT2D eigenvalue weighted by molar-refractivity contribution is 0.0619. The van der Waals surface area contributed by atoms with Gasteiger partial charge in [0.25, 0.3) is 5.91 Å². The van der Waals surface area contributed by atoms with Gasteiger partial charge in [-0.15, -0.1) is 0 Å². The molecule has 4 rings (SSSR count). The van der Waals surface area contributed by atoms with Gasteiger partial charge in [0, 0.05) is 30.6 Å². The number of fused-ring (bicyclic) bond motifs is 1. The van der Waals surface area contributed by atoms with Crippen LogP contribution in [0, 0.1) is 6.92 Å². The van der Waals surface area contributed by atoms with Crippen LogP contribution in [-0.2, 0) is 10.0 Å². The van der Waals surface area contributed by atoms with E-state index in [2.05, 4.69) is 5.32 Å². The molecule has 0 unspecified atom stereocenters. The zero-order chi connectivity index (χ0) is 21.5. The zero-order valence-corrected chi connectivity index (χ0v) is 18.5. The van der Waals surface area contributed by atoms with Crippen LogP contribution >= 0.6 is 0 Å². The number of rotatable bonds is 4. The van der Waals surface area contributed by atoms with Gasteiger partial charge in [0.15, 0.2) is 0 Å². The van der Waals surface area contributed by atoms with E-state index in [4.69, 9.17) is 4.74 Å². The van der Waals surface area contributed by atoms with Crippen LogP contribution < -0.4 is 10.1 Å². The van der Waals surface area contributed by atoms with Crippen molar-refractivity contribution in [3.63, 3.8) is 0 Å². The van der Waals surface area contributed by atoms with E-state index < -0.39 is 15.6 Å². The van der Waals surface area contributed by atoms with Crippen molar-refractivity contribution < 1.29 is 17.9 Å². The molecular formula is C23H28N2O4S. The van der Waals surface area contributed by atoms with Gasteiger partial charge in [-0.2, -0.15) is 4.31 Å². The van der Waals surface area contributed by atoms with Crippen LogP contribution in [0.5, 0.6) is 5.75 Å². The second-order valence-electron chi connectivity index (χ2n) is 8.77. The monoisotopic (exact) mass is 428 g/mol. The smallest absolute Gasteiger partial charge is 0.251 e. The first-order valence-corrected chi connectivity index (χ1v) is 11.8. The predicted octanol–water partition coefficient (Wildman–Crippen LogP) is 3.81. The minimum absolute atomic E-state index is 0.167. The van der Waals surface area contributed by atoms with Crippen LogP contribution in [0.4, 0.5) is 0 Å². The highest BCUT2D eigenvalue weighted by Crippen LogP contribution is 2.40. The van der Waals surface area contributed by atoms with Gasteiger partial charge in [-0.3, -0.25) is 4.79 Å². The van der Waals surface area contributed by atoms with Crippen molar-refractivity contribution in [1.29, 1.82) is 0 Å². The molecule has 0 saturated carbocycles. The molecule has 1 fully saturated rings. The summed E-state index contributed by atoms with van der Waals surface area (Å²) in [6.07, 6.45) is 2.37. The lowest BCUT2D eigenvalue weighted by atomic mass is 9.89. The Morgan fingerprint density at radius 1 is 1.13 bits per heavy atom. The maximum absolute atomic E-state index is 13.0. The molecule has 1 N–H and O–H groups in total. The largest absolute Gasteiger partial charge is 0.487 e. The van der Waals surface area contributed by atoms with E-state index in [0.29, 0.717) is 25.1 Å². The van der Waals surface area contributed by atoms with Gasteiger partial charge in [-0.25, -0.2) is 8.42 Å². The van der Waals surface area contributed by atoms with Crippen molar-refractivity contribution in [1.82, 2.24) is 9.62 Å². The van der Waals surface area contributed by atoms with Crippen molar-refractivity contribution in [3.8, 4) is 5.75 Å². The number of carbonyl (C=O) groups excluding carboxylic acids is 1. The number of hydrogen-bond acceptors (Lipinski definition) is 4. The standard InChI is InChI=1S/C23H28N2O4S/c1-16-9-10-19-20(15-23(2,3)29-21(19)13-16)24-22(26)17-7-6-8-18(14-17)30(27,28)25-11-4-5-12-25/h6-10,13-14,20H,4-5,11-12,15H2,1-3H3,(H,24,26)/t20-/m1/s1. The summed E-state index contributed by atoms with van der Waals surface area (Å²) in [5, 5.41) is 3.09. The second-order valence-corrected chi connectivity index (χ2v) is 10.7. The first-order valence-electron chi connectivity index (χ1n) is 10.4. The van der Waals surface area contributed by atoms with Gasteiger partial charge in [0.2, 0.25) is 10.0 Å². The number of nitrogens with one attached hydrogen (secondary N) is 1. The predicted molar refractivity (Wildman–Crippen MR) is 115 cm³/mol. The molecule has 0 bridgehead atoms. The molecule has 30 heavy (non-hydrogen) atoms. The molecule has 2 aromatic carbocycles. The number of ether oxygens (including phenoxy) is 1. The molecule has 1 atom stereocenters. The average Bonchev–Trinajstić information content (AvgIpc) is 3.22. The molecular weight excluding hydrogens is 400 g/mol. The lowest BCUT2D eigenvalue weighted by Gasteiger charge is -2.38. The minimum atomic E-state index is -3.57. The SMILES string of the molecule is Cc1ccc2c(c1)OC(C)(C)C[C@H]2NC(=O)c1cccc(S(=O)(=O)N2CCCC2)c1. The number of aryl methyl sites for hydroxylation is 1. The molecule has 0 aromatic heterocycles. The summed E-state index contributed by atoms with van der Waals surface area (Å²) in [5.74, 6) is 0.490. The van der Waals surface area contributed by atoms with Crippen molar-refractivity contribution in [3.05, 3.63) is 59.2 Å². The normalized spacial score (nSPS) is 21.0. The number of sulfonamides is 1. The van der Waals surface area contributed by atoms with E-state index in [9.17, 15) is 13.2 Å². The summed E-state index contributed by atoms with van der Waals surface area (Å²) in [4.78, 5) is 13.2.